The van der Waals surface area contributed by atoms with Gasteiger partial charge in [0.05, 0.1) is 5.75 Å². The lowest BCUT2D eigenvalue weighted by Crippen LogP contribution is -2.50. The zero-order valence-electron chi connectivity index (χ0n) is 12.2. The first kappa shape index (κ1) is 24.7. The van der Waals surface area contributed by atoms with Gasteiger partial charge in [-0.3, -0.25) is 4.79 Å². The normalized spacial score (nSPS) is 17.0. The van der Waals surface area contributed by atoms with E-state index in [9.17, 15) is 61.5 Å². The van der Waals surface area contributed by atoms with Crippen molar-refractivity contribution in [3.63, 3.8) is 0 Å². The van der Waals surface area contributed by atoms with E-state index in [1.165, 1.54) is 0 Å². The number of primary amides is 1. The second-order valence-corrected chi connectivity index (χ2v) is 7.35. The monoisotopic (exact) mass is 433 g/mol. The number of hydrogen-bond donors (Lipinski definition) is 1. The number of nitrogens with two attached hydrogens (primary N) is 1. The highest BCUT2D eigenvalue weighted by atomic mass is 32.2. The lowest BCUT2D eigenvalue weighted by Gasteiger charge is -2.26. The topological polar surface area (TPSA) is 77.2 Å². The number of halogens is 11. The molecule has 0 aliphatic rings. The molecule has 0 aromatic heterocycles. The largest absolute Gasteiger partial charge is 0.453 e. The fourth-order valence-electron chi connectivity index (χ4n) is 1.46. The Bertz CT molecular complexity index is 625. The van der Waals surface area contributed by atoms with Crippen LogP contribution in [0.25, 0.3) is 0 Å². The molecule has 0 spiro atoms. The Morgan fingerprint density at radius 1 is 0.692 bits per heavy atom. The van der Waals surface area contributed by atoms with Crippen LogP contribution >= 0.6 is 0 Å². The average Bonchev–Trinajstić information content (AvgIpc) is 2.40. The van der Waals surface area contributed by atoms with Gasteiger partial charge in [0, 0.05) is 19.3 Å². The maximum atomic E-state index is 14.2. The fraction of sp³-hybridized carbons (Fsp3) is 0.900. The molecule has 0 fully saturated rings. The van der Waals surface area contributed by atoms with Crippen molar-refractivity contribution >= 4 is 15.7 Å². The summed E-state index contributed by atoms with van der Waals surface area (Å²) in [7, 11) is -6.00. The van der Waals surface area contributed by atoms with Crippen molar-refractivity contribution in [2.75, 3.05) is 5.75 Å². The van der Waals surface area contributed by atoms with Crippen molar-refractivity contribution in [1.82, 2.24) is 0 Å². The summed E-state index contributed by atoms with van der Waals surface area (Å²) in [5, 5.41) is -4.71. The highest BCUT2D eigenvalue weighted by Gasteiger charge is 2.62. The van der Waals surface area contributed by atoms with Gasteiger partial charge in [0.2, 0.25) is 0 Å². The molecule has 156 valence electrons. The summed E-state index contributed by atoms with van der Waals surface area (Å²) < 4.78 is 160. The Morgan fingerprint density at radius 3 is 1.35 bits per heavy atom. The Morgan fingerprint density at radius 2 is 1.04 bits per heavy atom. The lowest BCUT2D eigenvalue weighted by atomic mass is 10.1. The van der Waals surface area contributed by atoms with Crippen LogP contribution in [0.5, 0.6) is 0 Å². The van der Waals surface area contributed by atoms with E-state index in [0.717, 1.165) is 0 Å². The number of carbonyl (C=O) groups excluding carboxylic acids is 1. The Hall–Kier alpha value is -1.35. The standard InChI is InChI=1S/C10H10F11NO3S/c11-6(5(22)23,1-2-7(12,13)9(16,17)18)26(24,25)4-3-8(14,15)10(19,20)21/h1-4H2,(H2,22,23). The van der Waals surface area contributed by atoms with E-state index in [4.69, 9.17) is 0 Å². The third-order valence-corrected chi connectivity index (χ3v) is 5.27. The van der Waals surface area contributed by atoms with Gasteiger partial charge in [0.1, 0.15) is 0 Å². The van der Waals surface area contributed by atoms with Crippen LogP contribution in [0.1, 0.15) is 19.3 Å². The van der Waals surface area contributed by atoms with Gasteiger partial charge < -0.3 is 5.73 Å². The second-order valence-electron chi connectivity index (χ2n) is 5.07. The molecule has 0 rings (SSSR count). The van der Waals surface area contributed by atoms with E-state index in [-0.39, 0.29) is 0 Å². The van der Waals surface area contributed by atoms with Gasteiger partial charge in [-0.25, -0.2) is 12.8 Å². The minimum atomic E-state index is -6.27. The van der Waals surface area contributed by atoms with Crippen molar-refractivity contribution in [3.05, 3.63) is 0 Å². The van der Waals surface area contributed by atoms with Gasteiger partial charge in [0.15, 0.2) is 9.84 Å². The molecule has 0 bridgehead atoms. The molecule has 16 heteroatoms. The zero-order chi connectivity index (χ0) is 21.4. The molecule has 1 amide bonds. The second kappa shape index (κ2) is 6.99. The minimum Gasteiger partial charge on any atom is -0.366 e. The third-order valence-electron chi connectivity index (χ3n) is 3.14. The molecule has 0 aromatic carbocycles. The molecule has 0 aromatic rings. The lowest BCUT2D eigenvalue weighted by molar-refractivity contribution is -0.285. The molecule has 0 saturated carbocycles. The molecule has 1 atom stereocenters. The minimum absolute atomic E-state index is 2.39. The predicted octanol–water partition coefficient (Wildman–Crippen LogP) is 3.12. The Labute approximate surface area is 138 Å². The van der Waals surface area contributed by atoms with Crippen LogP contribution in [0, 0.1) is 0 Å². The number of sulfone groups is 1. The van der Waals surface area contributed by atoms with Gasteiger partial charge in [-0.15, -0.1) is 0 Å². The fourth-order valence-corrected chi connectivity index (χ4v) is 3.03. The van der Waals surface area contributed by atoms with Crippen molar-refractivity contribution in [2.24, 2.45) is 5.73 Å². The number of alkyl halides is 11. The molecule has 0 saturated heterocycles. The van der Waals surface area contributed by atoms with E-state index in [0.29, 0.717) is 0 Å². The number of rotatable bonds is 8. The molecule has 0 radical (unpaired) electrons. The number of carbonyl (C=O) groups is 1. The molecule has 2 N–H and O–H groups in total. The van der Waals surface area contributed by atoms with E-state index in [1.54, 1.807) is 0 Å². The first-order chi connectivity index (χ1) is 11.1. The van der Waals surface area contributed by atoms with Crippen LogP contribution in [0.4, 0.5) is 48.3 Å². The van der Waals surface area contributed by atoms with Crippen molar-refractivity contribution < 1.29 is 61.5 Å². The van der Waals surface area contributed by atoms with Crippen LogP contribution in [0.2, 0.25) is 0 Å². The van der Waals surface area contributed by atoms with Crippen LogP contribution in [-0.2, 0) is 14.6 Å². The van der Waals surface area contributed by atoms with Crippen LogP contribution in [0.3, 0.4) is 0 Å². The maximum Gasteiger partial charge on any atom is 0.453 e. The number of hydrogen-bond acceptors (Lipinski definition) is 3. The zero-order valence-corrected chi connectivity index (χ0v) is 13.0. The Balaban J connectivity index is 5.55. The van der Waals surface area contributed by atoms with Crippen molar-refractivity contribution in [3.8, 4) is 0 Å². The molecule has 26 heavy (non-hydrogen) atoms. The number of amides is 1. The van der Waals surface area contributed by atoms with Crippen molar-refractivity contribution in [2.45, 2.75) is 48.5 Å². The summed E-state index contributed by atoms with van der Waals surface area (Å²) >= 11 is 0. The molecule has 1 unspecified atom stereocenters. The van der Waals surface area contributed by atoms with Gasteiger partial charge in [-0.1, -0.05) is 0 Å². The molecular weight excluding hydrogens is 423 g/mol. The summed E-state index contributed by atoms with van der Waals surface area (Å²) in [6.45, 7) is 0. The molecular formula is C10H10F11NO3S. The van der Waals surface area contributed by atoms with E-state index < -0.39 is 70.0 Å². The van der Waals surface area contributed by atoms with Crippen molar-refractivity contribution in [1.29, 1.82) is 0 Å². The molecule has 0 aliphatic carbocycles. The van der Waals surface area contributed by atoms with Gasteiger partial charge >= 0.3 is 24.2 Å². The van der Waals surface area contributed by atoms with Gasteiger partial charge in [-0.05, 0) is 0 Å². The first-order valence-corrected chi connectivity index (χ1v) is 7.86. The van der Waals surface area contributed by atoms with E-state index in [1.807, 2.05) is 0 Å². The summed E-state index contributed by atoms with van der Waals surface area (Å²) in [6.07, 6.45) is -20.1. The van der Waals surface area contributed by atoms with Crippen LogP contribution in [-0.4, -0.2) is 49.3 Å². The predicted molar refractivity (Wildman–Crippen MR) is 62.7 cm³/mol. The highest BCUT2D eigenvalue weighted by molar-refractivity contribution is 7.93. The maximum absolute atomic E-state index is 14.2. The highest BCUT2D eigenvalue weighted by Crippen LogP contribution is 2.43. The summed E-state index contributed by atoms with van der Waals surface area (Å²) in [4.78, 5) is 10.9. The Kier molecular flexibility index (Phi) is 6.63. The van der Waals surface area contributed by atoms with Crippen LogP contribution < -0.4 is 5.73 Å². The third kappa shape index (κ3) is 5.09. The smallest absolute Gasteiger partial charge is 0.366 e. The summed E-state index contributed by atoms with van der Waals surface area (Å²) in [6, 6.07) is 0. The summed E-state index contributed by atoms with van der Waals surface area (Å²) in [5.74, 6) is -16.4. The average molecular weight is 433 g/mol. The van der Waals surface area contributed by atoms with E-state index in [2.05, 4.69) is 5.73 Å². The quantitative estimate of drug-likeness (QED) is 0.598. The van der Waals surface area contributed by atoms with Gasteiger partial charge in [0.25, 0.3) is 10.9 Å². The summed E-state index contributed by atoms with van der Waals surface area (Å²) in [5.41, 5.74) is 4.29. The van der Waals surface area contributed by atoms with E-state index >= 15 is 0 Å². The van der Waals surface area contributed by atoms with Gasteiger partial charge in [-0.2, -0.15) is 43.9 Å². The molecule has 0 heterocycles. The molecule has 0 aliphatic heterocycles. The van der Waals surface area contributed by atoms with Crippen LogP contribution in [0.15, 0.2) is 0 Å². The molecule has 4 nitrogen and oxygen atoms in total. The first-order valence-electron chi connectivity index (χ1n) is 6.21. The SMILES string of the molecule is NC(=O)C(F)(CCC(F)(F)C(F)(F)F)S(=O)(=O)CCC(F)(F)C(F)(F)F.